The summed E-state index contributed by atoms with van der Waals surface area (Å²) in [5.41, 5.74) is 0.851. The molecule has 2 aliphatic rings. The summed E-state index contributed by atoms with van der Waals surface area (Å²) < 4.78 is 27.6. The highest BCUT2D eigenvalue weighted by Gasteiger charge is 2.45. The Labute approximate surface area is 182 Å². The summed E-state index contributed by atoms with van der Waals surface area (Å²) in [7, 11) is -1.60. The van der Waals surface area contributed by atoms with E-state index >= 15 is 0 Å². The SMILES string of the molecule is CN1CCN(S(=O)(=O)c2cccc(NC(=O)C3(c4ccc(Cl)cc4)CCC3)c2)CC1. The zero-order chi connectivity index (χ0) is 21.4. The van der Waals surface area contributed by atoms with Crippen LogP contribution in [0.5, 0.6) is 0 Å². The van der Waals surface area contributed by atoms with Gasteiger partial charge in [-0.25, -0.2) is 8.42 Å². The van der Waals surface area contributed by atoms with E-state index in [9.17, 15) is 13.2 Å². The highest BCUT2D eigenvalue weighted by atomic mass is 35.5. The largest absolute Gasteiger partial charge is 0.325 e. The second kappa shape index (κ2) is 8.30. The molecule has 4 rings (SSSR count). The van der Waals surface area contributed by atoms with Gasteiger partial charge in [0.15, 0.2) is 0 Å². The summed E-state index contributed by atoms with van der Waals surface area (Å²) in [6.07, 6.45) is 2.51. The monoisotopic (exact) mass is 447 g/mol. The van der Waals surface area contributed by atoms with E-state index in [0.717, 1.165) is 24.8 Å². The third-order valence-corrected chi connectivity index (χ3v) is 8.38. The lowest BCUT2D eigenvalue weighted by Gasteiger charge is -2.40. The van der Waals surface area contributed by atoms with Gasteiger partial charge in [-0.15, -0.1) is 0 Å². The van der Waals surface area contributed by atoms with Crippen molar-refractivity contribution in [1.82, 2.24) is 9.21 Å². The molecule has 1 N–H and O–H groups in total. The number of piperazine rings is 1. The summed E-state index contributed by atoms with van der Waals surface area (Å²) >= 11 is 6.00. The van der Waals surface area contributed by atoms with Gasteiger partial charge in [0.05, 0.1) is 10.3 Å². The quantitative estimate of drug-likeness (QED) is 0.763. The molecule has 30 heavy (non-hydrogen) atoms. The number of halogens is 1. The van der Waals surface area contributed by atoms with E-state index in [1.54, 1.807) is 36.4 Å². The zero-order valence-electron chi connectivity index (χ0n) is 17.0. The molecule has 2 fully saturated rings. The lowest BCUT2D eigenvalue weighted by atomic mass is 9.64. The van der Waals surface area contributed by atoms with Crippen molar-refractivity contribution < 1.29 is 13.2 Å². The van der Waals surface area contributed by atoms with Crippen LogP contribution in [0.2, 0.25) is 5.02 Å². The number of carbonyl (C=O) groups excluding carboxylic acids is 1. The van der Waals surface area contributed by atoms with Crippen LogP contribution in [-0.4, -0.2) is 56.8 Å². The van der Waals surface area contributed by atoms with E-state index in [4.69, 9.17) is 11.6 Å². The van der Waals surface area contributed by atoms with E-state index in [-0.39, 0.29) is 10.8 Å². The number of anilines is 1. The Morgan fingerprint density at radius 1 is 1.03 bits per heavy atom. The Kier molecular flexibility index (Phi) is 5.90. The molecule has 1 saturated carbocycles. The number of likely N-dealkylation sites (N-methyl/N-ethyl adjacent to an activating group) is 1. The summed E-state index contributed by atoms with van der Waals surface area (Å²) in [6.45, 7) is 2.35. The molecule has 0 bridgehead atoms. The summed E-state index contributed by atoms with van der Waals surface area (Å²) in [6, 6.07) is 13.9. The van der Waals surface area contributed by atoms with Gasteiger partial charge in [0.25, 0.3) is 0 Å². The fourth-order valence-electron chi connectivity index (χ4n) is 4.11. The van der Waals surface area contributed by atoms with Crippen molar-refractivity contribution in [3.8, 4) is 0 Å². The van der Waals surface area contributed by atoms with Crippen molar-refractivity contribution in [2.45, 2.75) is 29.6 Å². The molecule has 1 aliphatic heterocycles. The maximum atomic E-state index is 13.2. The van der Waals surface area contributed by atoms with Gasteiger partial charge in [-0.1, -0.05) is 36.2 Å². The van der Waals surface area contributed by atoms with E-state index in [1.165, 1.54) is 4.31 Å². The Hall–Kier alpha value is -1.93. The van der Waals surface area contributed by atoms with Gasteiger partial charge in [0, 0.05) is 36.9 Å². The number of sulfonamides is 1. The fourth-order valence-corrected chi connectivity index (χ4v) is 5.70. The topological polar surface area (TPSA) is 69.7 Å². The maximum absolute atomic E-state index is 13.2. The van der Waals surface area contributed by atoms with Crippen molar-refractivity contribution >= 4 is 33.2 Å². The van der Waals surface area contributed by atoms with Crippen LogP contribution >= 0.6 is 11.6 Å². The minimum absolute atomic E-state index is 0.106. The van der Waals surface area contributed by atoms with Crippen LogP contribution in [0, 0.1) is 0 Å². The highest BCUT2D eigenvalue weighted by Crippen LogP contribution is 2.45. The van der Waals surface area contributed by atoms with Gasteiger partial charge in [0.2, 0.25) is 15.9 Å². The minimum Gasteiger partial charge on any atom is -0.325 e. The second-order valence-corrected chi connectivity index (χ2v) is 10.5. The minimum atomic E-state index is -3.59. The van der Waals surface area contributed by atoms with Crippen LogP contribution < -0.4 is 5.32 Å². The van der Waals surface area contributed by atoms with Gasteiger partial charge in [-0.2, -0.15) is 4.31 Å². The van der Waals surface area contributed by atoms with Crippen LogP contribution in [0.25, 0.3) is 0 Å². The van der Waals surface area contributed by atoms with Crippen LogP contribution in [0.4, 0.5) is 5.69 Å². The number of amides is 1. The lowest BCUT2D eigenvalue weighted by Crippen LogP contribution is -2.47. The molecule has 160 valence electrons. The molecular formula is C22H26ClN3O3S. The molecule has 1 aliphatic carbocycles. The molecule has 0 spiro atoms. The Morgan fingerprint density at radius 2 is 1.70 bits per heavy atom. The molecule has 0 atom stereocenters. The van der Waals surface area contributed by atoms with Gasteiger partial charge >= 0.3 is 0 Å². The Bertz CT molecular complexity index is 1030. The normalized spacial score (nSPS) is 19.8. The molecule has 1 saturated heterocycles. The standard InChI is InChI=1S/C22H26ClN3O3S/c1-25-12-14-26(15-13-25)30(28,29)20-5-2-4-19(16-20)24-21(27)22(10-3-11-22)17-6-8-18(23)9-7-17/h2,4-9,16H,3,10-15H2,1H3,(H,24,27). The van der Waals surface area contributed by atoms with Crippen LogP contribution in [0.3, 0.4) is 0 Å². The molecule has 1 heterocycles. The first kappa shape index (κ1) is 21.3. The number of hydrogen-bond donors (Lipinski definition) is 1. The number of nitrogens with one attached hydrogen (secondary N) is 1. The number of nitrogens with zero attached hydrogens (tertiary/aromatic N) is 2. The Balaban J connectivity index is 1.54. The van der Waals surface area contributed by atoms with E-state index in [2.05, 4.69) is 10.2 Å². The third kappa shape index (κ3) is 3.99. The predicted octanol–water partition coefficient (Wildman–Crippen LogP) is 3.34. The number of rotatable bonds is 5. The molecular weight excluding hydrogens is 422 g/mol. The van der Waals surface area contributed by atoms with Gasteiger partial charge < -0.3 is 10.2 Å². The molecule has 2 aromatic rings. The molecule has 2 aromatic carbocycles. The summed E-state index contributed by atoms with van der Waals surface area (Å²) in [4.78, 5) is 15.5. The molecule has 0 unspecified atom stereocenters. The molecule has 1 amide bonds. The first-order valence-corrected chi connectivity index (χ1v) is 12.0. The maximum Gasteiger partial charge on any atom is 0.243 e. The molecule has 0 aromatic heterocycles. The summed E-state index contributed by atoms with van der Waals surface area (Å²) in [5, 5.41) is 3.59. The first-order chi connectivity index (χ1) is 14.3. The molecule has 8 heteroatoms. The van der Waals surface area contributed by atoms with Crippen LogP contribution in [0.15, 0.2) is 53.4 Å². The van der Waals surface area contributed by atoms with E-state index < -0.39 is 15.4 Å². The molecule has 6 nitrogen and oxygen atoms in total. The fraction of sp³-hybridized carbons (Fsp3) is 0.409. The van der Waals surface area contributed by atoms with Gasteiger partial charge in [-0.05, 0) is 55.8 Å². The van der Waals surface area contributed by atoms with Crippen molar-refractivity contribution in [3.63, 3.8) is 0 Å². The van der Waals surface area contributed by atoms with E-state index in [0.29, 0.717) is 36.9 Å². The molecule has 0 radical (unpaired) electrons. The lowest BCUT2D eigenvalue weighted by molar-refractivity contribution is -0.124. The number of hydrogen-bond acceptors (Lipinski definition) is 4. The average Bonchev–Trinajstić information content (AvgIpc) is 2.69. The van der Waals surface area contributed by atoms with Crippen molar-refractivity contribution in [2.75, 3.05) is 38.5 Å². The van der Waals surface area contributed by atoms with Crippen LogP contribution in [-0.2, 0) is 20.2 Å². The smallest absolute Gasteiger partial charge is 0.243 e. The van der Waals surface area contributed by atoms with E-state index in [1.807, 2.05) is 19.2 Å². The first-order valence-electron chi connectivity index (χ1n) is 10.2. The van der Waals surface area contributed by atoms with Crippen molar-refractivity contribution in [3.05, 3.63) is 59.1 Å². The highest BCUT2D eigenvalue weighted by molar-refractivity contribution is 7.89. The van der Waals surface area contributed by atoms with Gasteiger partial charge in [-0.3, -0.25) is 4.79 Å². The second-order valence-electron chi connectivity index (χ2n) is 8.13. The number of carbonyl (C=O) groups is 1. The summed E-state index contributed by atoms with van der Waals surface area (Å²) in [5.74, 6) is -0.106. The van der Waals surface area contributed by atoms with Gasteiger partial charge in [0.1, 0.15) is 0 Å². The average molecular weight is 448 g/mol. The Morgan fingerprint density at radius 3 is 2.30 bits per heavy atom. The third-order valence-electron chi connectivity index (χ3n) is 6.23. The zero-order valence-corrected chi connectivity index (χ0v) is 18.5. The predicted molar refractivity (Wildman–Crippen MR) is 118 cm³/mol. The van der Waals surface area contributed by atoms with Crippen molar-refractivity contribution in [2.24, 2.45) is 0 Å². The number of benzene rings is 2. The van der Waals surface area contributed by atoms with Crippen molar-refractivity contribution in [1.29, 1.82) is 0 Å². The van der Waals surface area contributed by atoms with Crippen LogP contribution in [0.1, 0.15) is 24.8 Å².